The second-order valence-electron chi connectivity index (χ2n) is 7.82. The molecule has 0 saturated heterocycles. The highest BCUT2D eigenvalue weighted by Gasteiger charge is 2.17. The lowest BCUT2D eigenvalue weighted by Gasteiger charge is -2.12. The van der Waals surface area contributed by atoms with E-state index in [-0.39, 0.29) is 38.0 Å². The van der Waals surface area contributed by atoms with Gasteiger partial charge in [-0.2, -0.15) is 0 Å². The zero-order chi connectivity index (χ0) is 23.0. The van der Waals surface area contributed by atoms with Crippen molar-refractivity contribution >= 4 is 17.9 Å². The highest BCUT2D eigenvalue weighted by molar-refractivity contribution is 5.70. The largest absolute Gasteiger partial charge is 0.481 e. The molecular formula is C26H32O6. The van der Waals surface area contributed by atoms with Gasteiger partial charge in [0.25, 0.3) is 0 Å². The fourth-order valence-electron chi connectivity index (χ4n) is 3.33. The van der Waals surface area contributed by atoms with Gasteiger partial charge in [0, 0.05) is 12.8 Å². The third kappa shape index (κ3) is 10.8. The normalized spacial score (nSPS) is 10.7. The number of unbranched alkanes of at least 4 members (excludes halogenated alkanes) is 2. The lowest BCUT2D eigenvalue weighted by Crippen LogP contribution is -2.14. The van der Waals surface area contributed by atoms with E-state index in [1.807, 2.05) is 60.7 Å². The average molecular weight is 441 g/mol. The van der Waals surface area contributed by atoms with Crippen molar-refractivity contribution in [2.45, 2.75) is 64.6 Å². The predicted molar refractivity (Wildman–Crippen MR) is 121 cm³/mol. The molecule has 0 fully saturated rings. The van der Waals surface area contributed by atoms with Crippen LogP contribution in [0.15, 0.2) is 60.7 Å². The van der Waals surface area contributed by atoms with Crippen LogP contribution in [0.5, 0.6) is 0 Å². The van der Waals surface area contributed by atoms with Gasteiger partial charge in [-0.1, -0.05) is 73.5 Å². The minimum Gasteiger partial charge on any atom is -0.481 e. The first kappa shape index (κ1) is 25.1. The van der Waals surface area contributed by atoms with Crippen LogP contribution in [0, 0.1) is 5.92 Å². The van der Waals surface area contributed by atoms with Gasteiger partial charge in [0.2, 0.25) is 0 Å². The number of hydrogen-bond acceptors (Lipinski definition) is 5. The Bertz CT molecular complexity index is 755. The van der Waals surface area contributed by atoms with Gasteiger partial charge in [0.05, 0.1) is 5.92 Å². The molecule has 0 amide bonds. The van der Waals surface area contributed by atoms with Crippen molar-refractivity contribution < 1.29 is 29.0 Å². The first-order valence-electron chi connectivity index (χ1n) is 11.2. The smallest absolute Gasteiger partial charge is 0.306 e. The Labute approximate surface area is 189 Å². The van der Waals surface area contributed by atoms with Crippen molar-refractivity contribution in [3.8, 4) is 0 Å². The summed E-state index contributed by atoms with van der Waals surface area (Å²) in [6.07, 6.45) is 4.10. The molecule has 1 N–H and O–H groups in total. The molecule has 0 aliphatic heterocycles. The van der Waals surface area contributed by atoms with Gasteiger partial charge >= 0.3 is 17.9 Å². The number of carbonyl (C=O) groups excluding carboxylic acids is 2. The Morgan fingerprint density at radius 1 is 0.656 bits per heavy atom. The predicted octanol–water partition coefficient (Wildman–Crippen LogP) is 5.29. The number of ether oxygens (including phenoxy) is 2. The van der Waals surface area contributed by atoms with Crippen LogP contribution < -0.4 is 0 Å². The number of carbonyl (C=O) groups is 3. The summed E-state index contributed by atoms with van der Waals surface area (Å²) < 4.78 is 10.5. The van der Waals surface area contributed by atoms with E-state index in [2.05, 4.69) is 0 Å². The van der Waals surface area contributed by atoms with Gasteiger partial charge in [-0.05, 0) is 36.8 Å². The number of carboxylic acid groups (broad SMARTS) is 1. The number of aliphatic carboxylic acids is 1. The number of benzene rings is 2. The van der Waals surface area contributed by atoms with Crippen LogP contribution in [-0.2, 0) is 37.1 Å². The van der Waals surface area contributed by atoms with E-state index in [9.17, 15) is 19.5 Å². The molecule has 0 heterocycles. The van der Waals surface area contributed by atoms with Crippen molar-refractivity contribution in [2.24, 2.45) is 5.92 Å². The molecule has 0 aliphatic carbocycles. The molecule has 0 bridgehead atoms. The van der Waals surface area contributed by atoms with E-state index in [1.165, 1.54) is 0 Å². The molecular weight excluding hydrogens is 408 g/mol. The van der Waals surface area contributed by atoms with Crippen molar-refractivity contribution in [1.29, 1.82) is 0 Å². The Balaban J connectivity index is 1.53. The minimum atomic E-state index is -0.830. The third-order valence-electron chi connectivity index (χ3n) is 5.20. The maximum absolute atomic E-state index is 11.8. The van der Waals surface area contributed by atoms with Crippen molar-refractivity contribution in [3.63, 3.8) is 0 Å². The van der Waals surface area contributed by atoms with Gasteiger partial charge in [0.15, 0.2) is 0 Å². The standard InChI is InChI=1S/C26H32O6/c27-24(31-19-21-11-3-1-4-12-21)17-9-7-15-23(26(29)30)16-8-10-18-25(28)32-20-22-13-5-2-6-14-22/h1-6,11-14,23H,7-10,15-20H2,(H,29,30). The van der Waals surface area contributed by atoms with E-state index in [1.54, 1.807) is 0 Å². The van der Waals surface area contributed by atoms with E-state index in [0.29, 0.717) is 38.5 Å². The quantitative estimate of drug-likeness (QED) is 0.299. The molecule has 6 nitrogen and oxygen atoms in total. The SMILES string of the molecule is O=C(CCCCC(CCCCC(=O)OCc1ccccc1)C(=O)O)OCc1ccccc1. The molecule has 0 unspecified atom stereocenters. The lowest BCUT2D eigenvalue weighted by molar-refractivity contribution is -0.146. The summed E-state index contributed by atoms with van der Waals surface area (Å²) in [5.41, 5.74) is 1.88. The molecule has 0 aliphatic rings. The van der Waals surface area contributed by atoms with E-state index in [4.69, 9.17) is 9.47 Å². The Hall–Kier alpha value is -3.15. The molecule has 2 rings (SSSR count). The van der Waals surface area contributed by atoms with Gasteiger partial charge in [0.1, 0.15) is 13.2 Å². The molecule has 2 aromatic rings. The minimum absolute atomic E-state index is 0.255. The molecule has 0 radical (unpaired) electrons. The maximum atomic E-state index is 11.8. The van der Waals surface area contributed by atoms with Crippen LogP contribution in [0.25, 0.3) is 0 Å². The number of esters is 2. The van der Waals surface area contributed by atoms with Crippen LogP contribution in [-0.4, -0.2) is 23.0 Å². The summed E-state index contributed by atoms with van der Waals surface area (Å²) >= 11 is 0. The second kappa shape index (κ2) is 14.8. The lowest BCUT2D eigenvalue weighted by atomic mass is 9.95. The highest BCUT2D eigenvalue weighted by atomic mass is 16.5. The first-order chi connectivity index (χ1) is 15.5. The zero-order valence-electron chi connectivity index (χ0n) is 18.4. The van der Waals surface area contributed by atoms with Crippen LogP contribution in [0.2, 0.25) is 0 Å². The molecule has 0 spiro atoms. The van der Waals surface area contributed by atoms with E-state index < -0.39 is 11.9 Å². The van der Waals surface area contributed by atoms with Gasteiger partial charge in [-0.25, -0.2) is 0 Å². The van der Waals surface area contributed by atoms with Gasteiger partial charge in [-0.15, -0.1) is 0 Å². The number of rotatable bonds is 15. The van der Waals surface area contributed by atoms with Crippen molar-refractivity contribution in [3.05, 3.63) is 71.8 Å². The average Bonchev–Trinajstić information content (AvgIpc) is 2.81. The molecule has 6 heteroatoms. The zero-order valence-corrected chi connectivity index (χ0v) is 18.4. The van der Waals surface area contributed by atoms with Crippen LogP contribution in [0.1, 0.15) is 62.5 Å². The molecule has 2 aromatic carbocycles. The summed E-state index contributed by atoms with van der Waals surface area (Å²) in [5.74, 6) is -1.83. The topological polar surface area (TPSA) is 89.9 Å². The summed E-state index contributed by atoms with van der Waals surface area (Å²) in [6, 6.07) is 19.0. The molecule has 0 atom stereocenters. The second-order valence-corrected chi connectivity index (χ2v) is 7.82. The summed E-state index contributed by atoms with van der Waals surface area (Å²) in [7, 11) is 0. The third-order valence-corrected chi connectivity index (χ3v) is 5.20. The Morgan fingerprint density at radius 2 is 1.06 bits per heavy atom. The molecule has 0 aromatic heterocycles. The highest BCUT2D eigenvalue weighted by Crippen LogP contribution is 2.18. The van der Waals surface area contributed by atoms with Crippen molar-refractivity contribution in [1.82, 2.24) is 0 Å². The van der Waals surface area contributed by atoms with Gasteiger partial charge in [-0.3, -0.25) is 14.4 Å². The summed E-state index contributed by atoms with van der Waals surface area (Å²) in [5, 5.41) is 9.43. The molecule has 32 heavy (non-hydrogen) atoms. The number of carboxylic acids is 1. The fourth-order valence-corrected chi connectivity index (χ4v) is 3.33. The monoisotopic (exact) mass is 440 g/mol. The van der Waals surface area contributed by atoms with Crippen molar-refractivity contribution in [2.75, 3.05) is 0 Å². The Kier molecular flexibility index (Phi) is 11.6. The molecule has 172 valence electrons. The van der Waals surface area contributed by atoms with Crippen LogP contribution in [0.3, 0.4) is 0 Å². The maximum Gasteiger partial charge on any atom is 0.306 e. The first-order valence-corrected chi connectivity index (χ1v) is 11.2. The summed E-state index contributed by atoms with van der Waals surface area (Å²) in [6.45, 7) is 0.510. The molecule has 0 saturated carbocycles. The number of hydrogen-bond donors (Lipinski definition) is 1. The van der Waals surface area contributed by atoms with Crippen LogP contribution in [0.4, 0.5) is 0 Å². The Morgan fingerprint density at radius 3 is 1.44 bits per heavy atom. The fraction of sp³-hybridized carbons (Fsp3) is 0.423. The van der Waals surface area contributed by atoms with Gasteiger partial charge < -0.3 is 14.6 Å². The van der Waals surface area contributed by atoms with Crippen LogP contribution >= 0.6 is 0 Å². The summed E-state index contributed by atoms with van der Waals surface area (Å²) in [4.78, 5) is 35.2. The van der Waals surface area contributed by atoms with E-state index in [0.717, 1.165) is 11.1 Å². The van der Waals surface area contributed by atoms with E-state index >= 15 is 0 Å².